The van der Waals surface area contributed by atoms with Crippen molar-refractivity contribution in [3.8, 4) is 0 Å². The predicted octanol–water partition coefficient (Wildman–Crippen LogP) is 3.28. The zero-order chi connectivity index (χ0) is 24.3. The van der Waals surface area contributed by atoms with Crippen LogP contribution in [-0.2, 0) is 19.4 Å². The Bertz CT molecular complexity index is 861. The van der Waals surface area contributed by atoms with Gasteiger partial charge in [-0.1, -0.05) is 20.8 Å². The lowest BCUT2D eigenvalue weighted by atomic mass is 9.43. The highest BCUT2D eigenvalue weighted by Gasteiger charge is 2.66. The van der Waals surface area contributed by atoms with Crippen LogP contribution in [0.3, 0.4) is 0 Å². The maximum absolute atomic E-state index is 11.8. The lowest BCUT2D eigenvalue weighted by molar-refractivity contribution is -0.202. The molecule has 4 fully saturated rings. The third-order valence-corrected chi connectivity index (χ3v) is 11.0. The minimum Gasteiger partial charge on any atom is -0.481 e. The number of rotatable bonds is 6. The van der Waals surface area contributed by atoms with Gasteiger partial charge in [-0.3, -0.25) is 9.35 Å². The van der Waals surface area contributed by atoms with Crippen LogP contribution in [0.5, 0.6) is 0 Å². The van der Waals surface area contributed by atoms with E-state index in [2.05, 4.69) is 20.8 Å². The van der Waals surface area contributed by atoms with Crippen LogP contribution in [-0.4, -0.2) is 52.6 Å². The Labute approximate surface area is 197 Å². The Morgan fingerprint density at radius 1 is 1.09 bits per heavy atom. The molecule has 0 heterocycles. The largest absolute Gasteiger partial charge is 0.481 e. The van der Waals surface area contributed by atoms with Crippen molar-refractivity contribution in [3.63, 3.8) is 0 Å². The van der Waals surface area contributed by atoms with Gasteiger partial charge < -0.3 is 15.3 Å². The fourth-order valence-corrected chi connectivity index (χ4v) is 9.43. The molecule has 4 aliphatic carbocycles. The van der Waals surface area contributed by atoms with Crippen molar-refractivity contribution in [3.05, 3.63) is 0 Å². The van der Waals surface area contributed by atoms with Crippen molar-refractivity contribution >= 4 is 16.4 Å². The highest BCUT2D eigenvalue weighted by Crippen LogP contribution is 2.68. The van der Waals surface area contributed by atoms with Crippen LogP contribution in [0.4, 0.5) is 0 Å². The first-order chi connectivity index (χ1) is 15.3. The van der Waals surface area contributed by atoms with E-state index in [0.717, 1.165) is 19.3 Å². The summed E-state index contributed by atoms with van der Waals surface area (Å²) in [6.45, 7) is 6.38. The number of aliphatic hydroxyl groups is 2. The summed E-state index contributed by atoms with van der Waals surface area (Å²) in [5.41, 5.74) is -0.588. The van der Waals surface area contributed by atoms with E-state index >= 15 is 0 Å². The second-order valence-electron chi connectivity index (χ2n) is 11.9. The van der Waals surface area contributed by atoms with Crippen molar-refractivity contribution in [2.75, 3.05) is 0 Å². The van der Waals surface area contributed by atoms with E-state index in [9.17, 15) is 28.0 Å². The highest BCUT2D eigenvalue weighted by molar-refractivity contribution is 7.80. The number of hydrogen-bond acceptors (Lipinski definition) is 6. The molecule has 11 atom stereocenters. The molecular weight excluding hydrogens is 448 g/mol. The molecule has 0 aliphatic heterocycles. The molecular formula is C24H40O8S. The van der Waals surface area contributed by atoms with Crippen LogP contribution < -0.4 is 0 Å². The quantitative estimate of drug-likeness (QED) is 0.417. The molecule has 0 radical (unpaired) electrons. The Kier molecular flexibility index (Phi) is 6.71. The molecule has 190 valence electrons. The van der Waals surface area contributed by atoms with E-state index < -0.39 is 40.1 Å². The fourth-order valence-electron chi connectivity index (χ4n) is 8.91. The van der Waals surface area contributed by atoms with Crippen molar-refractivity contribution in [1.29, 1.82) is 0 Å². The Morgan fingerprint density at radius 2 is 1.79 bits per heavy atom. The molecule has 0 amide bonds. The smallest absolute Gasteiger partial charge is 0.397 e. The second kappa shape index (κ2) is 8.73. The van der Waals surface area contributed by atoms with Gasteiger partial charge in [0, 0.05) is 6.42 Å². The number of aliphatic carboxylic acids is 1. The van der Waals surface area contributed by atoms with Gasteiger partial charge in [0.05, 0.1) is 18.3 Å². The third kappa shape index (κ3) is 4.37. The molecule has 0 aromatic heterocycles. The van der Waals surface area contributed by atoms with Crippen LogP contribution in [0.15, 0.2) is 0 Å². The Balaban J connectivity index is 1.69. The number of carboxylic acids is 1. The van der Waals surface area contributed by atoms with Gasteiger partial charge in [0.1, 0.15) is 0 Å². The van der Waals surface area contributed by atoms with Crippen molar-refractivity contribution in [2.45, 2.75) is 96.9 Å². The third-order valence-electron chi connectivity index (χ3n) is 10.6. The number of carbonyl (C=O) groups is 1. The topological polar surface area (TPSA) is 141 Å². The van der Waals surface area contributed by atoms with E-state index in [-0.39, 0.29) is 47.3 Å². The minimum absolute atomic E-state index is 0.0277. The number of fused-ring (bicyclic) bond motifs is 5. The van der Waals surface area contributed by atoms with Crippen LogP contribution in [0.1, 0.15) is 78.6 Å². The predicted molar refractivity (Wildman–Crippen MR) is 120 cm³/mol. The summed E-state index contributed by atoms with van der Waals surface area (Å²) in [5, 5.41) is 31.0. The summed E-state index contributed by atoms with van der Waals surface area (Å²) in [4.78, 5) is 11.1. The van der Waals surface area contributed by atoms with Gasteiger partial charge in [-0.25, -0.2) is 4.18 Å². The first kappa shape index (κ1) is 25.4. The Hall–Kier alpha value is -0.740. The lowest BCUT2D eigenvalue weighted by Gasteiger charge is -2.63. The van der Waals surface area contributed by atoms with E-state index in [0.29, 0.717) is 32.1 Å². The number of hydrogen-bond donors (Lipinski definition) is 4. The molecule has 0 aromatic rings. The standard InChI is InChI=1S/C24H40O8S/c1-13(4-7-21(27)28)16-5-6-17-22-18(12-20(26)24(16,17)3)23(2)9-8-15(25)10-14(23)11-19(22)32-33(29,30)31/h13-20,22,25-26H,4-12H2,1-3H3,(H,27,28)(H,29,30,31)/t13-,14?,15?,16-,17+,18+,19?,20?,22+,23+,24-/m1/s1. The second-order valence-corrected chi connectivity index (χ2v) is 13.0. The normalized spacial score (nSPS) is 48.4. The monoisotopic (exact) mass is 488 g/mol. The summed E-state index contributed by atoms with van der Waals surface area (Å²) in [7, 11) is -4.65. The van der Waals surface area contributed by atoms with Gasteiger partial charge in [0.15, 0.2) is 0 Å². The van der Waals surface area contributed by atoms with Gasteiger partial charge in [0.25, 0.3) is 0 Å². The van der Waals surface area contributed by atoms with Gasteiger partial charge in [0.2, 0.25) is 0 Å². The summed E-state index contributed by atoms with van der Waals surface area (Å²) in [6, 6.07) is 0. The molecule has 4 aliphatic rings. The van der Waals surface area contributed by atoms with Gasteiger partial charge in [-0.05, 0) is 97.7 Å². The van der Waals surface area contributed by atoms with E-state index in [1.807, 2.05) is 0 Å². The summed E-state index contributed by atoms with van der Waals surface area (Å²) < 4.78 is 38.5. The minimum atomic E-state index is -4.65. The number of carboxylic acid groups (broad SMARTS) is 1. The van der Waals surface area contributed by atoms with Crippen molar-refractivity contribution < 1.29 is 37.3 Å². The van der Waals surface area contributed by atoms with Gasteiger partial charge >= 0.3 is 16.4 Å². The molecule has 0 aromatic carbocycles. The first-order valence-electron chi connectivity index (χ1n) is 12.5. The van der Waals surface area contributed by atoms with Crippen LogP contribution in [0.2, 0.25) is 0 Å². The molecule has 0 bridgehead atoms. The SMILES string of the molecule is C[C@H](CCC(=O)O)[C@H]1CC[C@H]2[C@@H]3C(OS(=O)(=O)O)CC4CC(O)CC[C@]4(C)[C@H]3CC(O)[C@]12C. The van der Waals surface area contributed by atoms with E-state index in [4.69, 9.17) is 9.29 Å². The summed E-state index contributed by atoms with van der Waals surface area (Å²) in [6.07, 6.45) is 3.77. The molecule has 4 saturated carbocycles. The first-order valence-corrected chi connectivity index (χ1v) is 13.9. The van der Waals surface area contributed by atoms with E-state index in [1.54, 1.807) is 0 Å². The summed E-state index contributed by atoms with van der Waals surface area (Å²) in [5.74, 6) is -0.538. The molecule has 4 N–H and O–H groups in total. The summed E-state index contributed by atoms with van der Waals surface area (Å²) >= 11 is 0. The van der Waals surface area contributed by atoms with Crippen molar-refractivity contribution in [1.82, 2.24) is 0 Å². The maximum atomic E-state index is 11.8. The highest BCUT2D eigenvalue weighted by atomic mass is 32.3. The average Bonchev–Trinajstić information content (AvgIpc) is 3.05. The van der Waals surface area contributed by atoms with E-state index in [1.165, 1.54) is 0 Å². The molecule has 0 saturated heterocycles. The van der Waals surface area contributed by atoms with Crippen molar-refractivity contribution in [2.24, 2.45) is 46.3 Å². The van der Waals surface area contributed by atoms with Crippen LogP contribution in [0.25, 0.3) is 0 Å². The molecule has 4 unspecified atom stereocenters. The molecule has 0 spiro atoms. The zero-order valence-electron chi connectivity index (χ0n) is 19.9. The fraction of sp³-hybridized carbons (Fsp3) is 0.958. The Morgan fingerprint density at radius 3 is 2.42 bits per heavy atom. The zero-order valence-corrected chi connectivity index (χ0v) is 20.7. The molecule has 9 heteroatoms. The van der Waals surface area contributed by atoms with Crippen LogP contribution in [0, 0.1) is 46.3 Å². The van der Waals surface area contributed by atoms with Gasteiger partial charge in [-0.15, -0.1) is 0 Å². The maximum Gasteiger partial charge on any atom is 0.397 e. The van der Waals surface area contributed by atoms with Gasteiger partial charge in [-0.2, -0.15) is 8.42 Å². The number of aliphatic hydroxyl groups excluding tert-OH is 2. The average molecular weight is 489 g/mol. The molecule has 33 heavy (non-hydrogen) atoms. The lowest BCUT2D eigenvalue weighted by Crippen LogP contribution is -2.63. The van der Waals surface area contributed by atoms with Crippen LogP contribution >= 0.6 is 0 Å². The molecule has 8 nitrogen and oxygen atoms in total. The molecule has 4 rings (SSSR count).